The molecule has 0 aromatic carbocycles. The molecular weight excluding hydrogens is 302 g/mol. The molecule has 1 amide bonds. The van der Waals surface area contributed by atoms with Gasteiger partial charge in [0, 0.05) is 16.9 Å². The maximum Gasteiger partial charge on any atom is 0.323 e. The van der Waals surface area contributed by atoms with Crippen LogP contribution in [0.15, 0.2) is 12.1 Å². The molecule has 0 aliphatic rings. The van der Waals surface area contributed by atoms with Gasteiger partial charge in [0.15, 0.2) is 5.69 Å². The molecule has 0 aliphatic carbocycles. The molecule has 0 aliphatic heterocycles. The molecule has 0 radical (unpaired) electrons. The van der Waals surface area contributed by atoms with Crippen LogP contribution in [0.4, 0.5) is 5.82 Å². The molecule has 6 nitrogen and oxygen atoms in total. The fourth-order valence-corrected chi connectivity index (χ4v) is 2.00. The van der Waals surface area contributed by atoms with Crippen molar-refractivity contribution in [1.82, 2.24) is 9.88 Å². The van der Waals surface area contributed by atoms with E-state index in [0.29, 0.717) is 5.33 Å². The Bertz CT molecular complexity index is 466. The number of carbonyl (C=O) groups is 1. The van der Waals surface area contributed by atoms with Gasteiger partial charge < -0.3 is 15.4 Å². The van der Waals surface area contributed by atoms with Crippen LogP contribution in [0, 0.1) is 10.1 Å². The fraction of sp³-hybridized carbons (Fsp3) is 0.545. The highest BCUT2D eigenvalue weighted by Crippen LogP contribution is 2.17. The molecule has 1 rings (SSSR count). The van der Waals surface area contributed by atoms with Crippen LogP contribution in [-0.2, 0) is 7.05 Å². The first-order valence-corrected chi connectivity index (χ1v) is 6.65. The van der Waals surface area contributed by atoms with Gasteiger partial charge in [-0.1, -0.05) is 22.9 Å². The Balaban J connectivity index is 2.95. The number of hydrogen-bond donors (Lipinski definition) is 1. The zero-order valence-electron chi connectivity index (χ0n) is 10.6. The van der Waals surface area contributed by atoms with E-state index in [-0.39, 0.29) is 23.0 Å². The standard InChI is InChI=1S/C11H16BrN3O3/c1-4-11(2,7-12)13-10(16)8-5-6-9(14(8)3)15(17)18/h5-6H,4,7H2,1-3H3,(H,13,16). The van der Waals surface area contributed by atoms with E-state index in [1.54, 1.807) is 0 Å². The normalized spacial score (nSPS) is 14.0. The van der Waals surface area contributed by atoms with Crippen LogP contribution in [0.25, 0.3) is 0 Å². The van der Waals surface area contributed by atoms with Crippen molar-refractivity contribution in [2.45, 2.75) is 25.8 Å². The lowest BCUT2D eigenvalue weighted by Gasteiger charge is -2.26. The third kappa shape index (κ3) is 2.90. The van der Waals surface area contributed by atoms with Crippen molar-refractivity contribution in [2.75, 3.05) is 5.33 Å². The minimum Gasteiger partial charge on any atom is -0.358 e. The number of nitrogens with one attached hydrogen (secondary N) is 1. The second kappa shape index (κ2) is 5.51. The minimum absolute atomic E-state index is 0.0998. The molecule has 0 spiro atoms. The van der Waals surface area contributed by atoms with Gasteiger partial charge in [0.25, 0.3) is 5.91 Å². The van der Waals surface area contributed by atoms with Crippen LogP contribution >= 0.6 is 15.9 Å². The van der Waals surface area contributed by atoms with Crippen LogP contribution in [0.1, 0.15) is 30.8 Å². The molecule has 0 saturated carbocycles. The number of hydrogen-bond acceptors (Lipinski definition) is 3. The molecule has 1 heterocycles. The Morgan fingerprint density at radius 2 is 2.22 bits per heavy atom. The van der Waals surface area contributed by atoms with E-state index in [0.717, 1.165) is 6.42 Å². The summed E-state index contributed by atoms with van der Waals surface area (Å²) in [6.07, 6.45) is 0.760. The monoisotopic (exact) mass is 317 g/mol. The lowest BCUT2D eigenvalue weighted by molar-refractivity contribution is -0.391. The summed E-state index contributed by atoms with van der Waals surface area (Å²) < 4.78 is 1.28. The van der Waals surface area contributed by atoms with Crippen LogP contribution in [0.2, 0.25) is 0 Å². The molecule has 0 bridgehead atoms. The first-order chi connectivity index (χ1) is 8.34. The highest BCUT2D eigenvalue weighted by atomic mass is 79.9. The van der Waals surface area contributed by atoms with Crippen molar-refractivity contribution in [3.8, 4) is 0 Å². The number of amides is 1. The number of aromatic nitrogens is 1. The third-order valence-corrected chi connectivity index (χ3v) is 4.24. The fourth-order valence-electron chi connectivity index (χ4n) is 1.47. The number of nitro groups is 1. The van der Waals surface area contributed by atoms with Crippen molar-refractivity contribution in [1.29, 1.82) is 0 Å². The molecule has 1 unspecified atom stereocenters. The smallest absolute Gasteiger partial charge is 0.323 e. The van der Waals surface area contributed by atoms with Crippen molar-refractivity contribution in [2.24, 2.45) is 7.05 Å². The minimum atomic E-state index is -0.514. The summed E-state index contributed by atoms with van der Waals surface area (Å²) in [7, 11) is 1.50. The van der Waals surface area contributed by atoms with E-state index in [1.807, 2.05) is 13.8 Å². The van der Waals surface area contributed by atoms with E-state index < -0.39 is 4.92 Å². The van der Waals surface area contributed by atoms with E-state index in [4.69, 9.17) is 0 Å². The maximum atomic E-state index is 12.1. The van der Waals surface area contributed by atoms with Gasteiger partial charge in [-0.25, -0.2) is 4.57 Å². The van der Waals surface area contributed by atoms with Gasteiger partial charge >= 0.3 is 5.82 Å². The molecule has 1 N–H and O–H groups in total. The summed E-state index contributed by atoms with van der Waals surface area (Å²) in [6, 6.07) is 2.78. The number of rotatable bonds is 5. The summed E-state index contributed by atoms with van der Waals surface area (Å²) in [5.74, 6) is -0.411. The van der Waals surface area contributed by atoms with Crippen molar-refractivity contribution >= 4 is 27.7 Å². The highest BCUT2D eigenvalue weighted by Gasteiger charge is 2.27. The summed E-state index contributed by atoms with van der Waals surface area (Å²) in [5, 5.41) is 14.2. The zero-order valence-corrected chi connectivity index (χ0v) is 12.2. The Kier molecular flexibility index (Phi) is 4.50. The van der Waals surface area contributed by atoms with E-state index >= 15 is 0 Å². The Hall–Kier alpha value is -1.37. The number of halogens is 1. The topological polar surface area (TPSA) is 77.2 Å². The second-order valence-corrected chi connectivity index (χ2v) is 4.96. The largest absolute Gasteiger partial charge is 0.358 e. The summed E-state index contributed by atoms with van der Waals surface area (Å²) >= 11 is 3.35. The zero-order chi connectivity index (χ0) is 13.9. The molecule has 1 aromatic heterocycles. The Morgan fingerprint density at radius 3 is 2.61 bits per heavy atom. The van der Waals surface area contributed by atoms with Gasteiger partial charge in [0.2, 0.25) is 0 Å². The second-order valence-electron chi connectivity index (χ2n) is 4.39. The van der Waals surface area contributed by atoms with Gasteiger partial charge in [0.05, 0.1) is 7.05 Å². The summed E-state index contributed by atoms with van der Waals surface area (Å²) in [4.78, 5) is 22.2. The van der Waals surface area contributed by atoms with Crippen LogP contribution in [0.3, 0.4) is 0 Å². The highest BCUT2D eigenvalue weighted by molar-refractivity contribution is 9.09. The summed E-state index contributed by atoms with van der Waals surface area (Å²) in [6.45, 7) is 3.88. The predicted octanol–water partition coefficient (Wildman–Crippen LogP) is 2.23. The van der Waals surface area contributed by atoms with Crippen LogP contribution in [-0.4, -0.2) is 26.3 Å². The third-order valence-electron chi connectivity index (χ3n) is 3.01. The first kappa shape index (κ1) is 14.7. The number of nitrogens with zero attached hydrogens (tertiary/aromatic N) is 2. The Labute approximate surface area is 114 Å². The number of alkyl halides is 1. The van der Waals surface area contributed by atoms with Gasteiger partial charge in [-0.2, -0.15) is 0 Å². The maximum absolute atomic E-state index is 12.1. The quantitative estimate of drug-likeness (QED) is 0.514. The molecule has 100 valence electrons. The SMILES string of the molecule is CCC(C)(CBr)NC(=O)c1ccc([N+](=O)[O-])n1C. The van der Waals surface area contributed by atoms with Gasteiger partial charge in [-0.05, 0) is 24.3 Å². The van der Waals surface area contributed by atoms with Crippen molar-refractivity contribution < 1.29 is 9.72 Å². The molecule has 0 fully saturated rings. The number of carbonyl (C=O) groups excluding carboxylic acids is 1. The van der Waals surface area contributed by atoms with E-state index in [1.165, 1.54) is 23.7 Å². The van der Waals surface area contributed by atoms with Crippen LogP contribution < -0.4 is 5.32 Å². The molecule has 7 heteroatoms. The lowest BCUT2D eigenvalue weighted by Crippen LogP contribution is -2.47. The van der Waals surface area contributed by atoms with Gasteiger partial charge in [0.1, 0.15) is 0 Å². The summed E-state index contributed by atoms with van der Waals surface area (Å²) in [5.41, 5.74) is -0.0850. The molecule has 1 aromatic rings. The average Bonchev–Trinajstić information content (AvgIpc) is 2.71. The van der Waals surface area contributed by atoms with Gasteiger partial charge in [-0.15, -0.1) is 0 Å². The Morgan fingerprint density at radius 1 is 1.61 bits per heavy atom. The van der Waals surface area contributed by atoms with Crippen LogP contribution in [0.5, 0.6) is 0 Å². The molecular formula is C11H16BrN3O3. The van der Waals surface area contributed by atoms with E-state index in [9.17, 15) is 14.9 Å². The van der Waals surface area contributed by atoms with Gasteiger partial charge in [-0.3, -0.25) is 4.79 Å². The predicted molar refractivity (Wildman–Crippen MR) is 72.0 cm³/mol. The first-order valence-electron chi connectivity index (χ1n) is 5.53. The average molecular weight is 318 g/mol. The molecule has 0 saturated heterocycles. The molecule has 1 atom stereocenters. The van der Waals surface area contributed by atoms with Crippen molar-refractivity contribution in [3.05, 3.63) is 27.9 Å². The van der Waals surface area contributed by atoms with Crippen molar-refractivity contribution in [3.63, 3.8) is 0 Å². The molecule has 18 heavy (non-hydrogen) atoms. The lowest BCUT2D eigenvalue weighted by atomic mass is 10.0. The van der Waals surface area contributed by atoms with E-state index in [2.05, 4.69) is 21.2 Å².